The Morgan fingerprint density at radius 3 is 2.56 bits per heavy atom. The van der Waals surface area contributed by atoms with Gasteiger partial charge in [0, 0.05) is 11.6 Å². The molecule has 1 unspecified atom stereocenters. The topological polar surface area (TPSA) is 72.2 Å². The van der Waals surface area contributed by atoms with Crippen LogP contribution in [0, 0.1) is 13.8 Å². The third kappa shape index (κ3) is 2.75. The second kappa shape index (κ2) is 5.01. The Kier molecular flexibility index (Phi) is 3.77. The molecule has 1 atom stereocenters. The maximum Gasteiger partial charge on any atom is 0.214 e. The molecule has 0 saturated heterocycles. The van der Waals surface area contributed by atoms with E-state index in [1.54, 1.807) is 0 Å². The summed E-state index contributed by atoms with van der Waals surface area (Å²) in [7, 11) is -3.15. The van der Waals surface area contributed by atoms with Crippen LogP contribution in [0.15, 0.2) is 4.52 Å². The number of aryl methyl sites for hydroxylation is 2. The molecule has 1 aromatic heterocycles. The minimum Gasteiger partial charge on any atom is -0.361 e. The van der Waals surface area contributed by atoms with Gasteiger partial charge in [0.15, 0.2) is 0 Å². The molecule has 0 aromatic carbocycles. The SMILES string of the molecule is Cc1noc(C)c1CC(C)NS(=O)(=O)C1CCC1. The Balaban J connectivity index is 1.98. The zero-order valence-electron chi connectivity index (χ0n) is 11.1. The van der Waals surface area contributed by atoms with Crippen molar-refractivity contribution in [3.8, 4) is 0 Å². The van der Waals surface area contributed by atoms with Gasteiger partial charge in [0.2, 0.25) is 10.0 Å². The monoisotopic (exact) mass is 272 g/mol. The van der Waals surface area contributed by atoms with E-state index in [9.17, 15) is 8.42 Å². The molecule has 0 radical (unpaired) electrons. The van der Waals surface area contributed by atoms with E-state index in [1.165, 1.54) is 0 Å². The van der Waals surface area contributed by atoms with Crippen LogP contribution >= 0.6 is 0 Å². The summed E-state index contributed by atoms with van der Waals surface area (Å²) in [5.41, 5.74) is 1.83. The highest BCUT2D eigenvalue weighted by Gasteiger charge is 2.32. The summed E-state index contributed by atoms with van der Waals surface area (Å²) in [6, 6.07) is -0.132. The van der Waals surface area contributed by atoms with E-state index in [-0.39, 0.29) is 11.3 Å². The van der Waals surface area contributed by atoms with E-state index >= 15 is 0 Å². The molecule has 18 heavy (non-hydrogen) atoms. The minimum absolute atomic E-state index is 0.132. The summed E-state index contributed by atoms with van der Waals surface area (Å²) >= 11 is 0. The lowest BCUT2D eigenvalue weighted by Crippen LogP contribution is -2.43. The average molecular weight is 272 g/mol. The normalized spacial score (nSPS) is 18.6. The van der Waals surface area contributed by atoms with Crippen LogP contribution in [0.4, 0.5) is 0 Å². The van der Waals surface area contributed by atoms with Gasteiger partial charge in [0.1, 0.15) is 5.76 Å². The molecular weight excluding hydrogens is 252 g/mol. The van der Waals surface area contributed by atoms with E-state index in [2.05, 4.69) is 9.88 Å². The van der Waals surface area contributed by atoms with Crippen molar-refractivity contribution >= 4 is 10.0 Å². The Morgan fingerprint density at radius 1 is 1.44 bits per heavy atom. The van der Waals surface area contributed by atoms with E-state index in [0.29, 0.717) is 6.42 Å². The van der Waals surface area contributed by atoms with Gasteiger partial charge in [-0.3, -0.25) is 0 Å². The molecule has 5 nitrogen and oxygen atoms in total. The first-order valence-electron chi connectivity index (χ1n) is 6.33. The van der Waals surface area contributed by atoms with Crippen LogP contribution in [0.25, 0.3) is 0 Å². The fourth-order valence-electron chi connectivity index (χ4n) is 2.20. The maximum absolute atomic E-state index is 12.0. The van der Waals surface area contributed by atoms with Gasteiger partial charge in [-0.1, -0.05) is 11.6 Å². The Hall–Kier alpha value is -0.880. The molecule has 1 fully saturated rings. The minimum atomic E-state index is -3.15. The lowest BCUT2D eigenvalue weighted by atomic mass is 10.0. The van der Waals surface area contributed by atoms with E-state index < -0.39 is 10.0 Å². The molecule has 0 aliphatic heterocycles. The highest BCUT2D eigenvalue weighted by atomic mass is 32.2. The summed E-state index contributed by atoms with van der Waals surface area (Å²) in [5.74, 6) is 0.766. The van der Waals surface area contributed by atoms with Gasteiger partial charge in [0.05, 0.1) is 10.9 Å². The average Bonchev–Trinajstić information content (AvgIpc) is 2.44. The second-order valence-electron chi connectivity index (χ2n) is 5.12. The summed E-state index contributed by atoms with van der Waals surface area (Å²) < 4.78 is 31.8. The van der Waals surface area contributed by atoms with Gasteiger partial charge in [0.25, 0.3) is 0 Å². The van der Waals surface area contributed by atoms with Gasteiger partial charge in [-0.25, -0.2) is 13.1 Å². The van der Waals surface area contributed by atoms with Crippen LogP contribution in [0.2, 0.25) is 0 Å². The van der Waals surface area contributed by atoms with Crippen molar-refractivity contribution in [2.24, 2.45) is 0 Å². The van der Waals surface area contributed by atoms with Crippen LogP contribution in [0.1, 0.15) is 43.2 Å². The lowest BCUT2D eigenvalue weighted by molar-refractivity contribution is 0.391. The van der Waals surface area contributed by atoms with Crippen LogP contribution in [0.5, 0.6) is 0 Å². The Bertz CT molecular complexity index is 498. The fraction of sp³-hybridized carbons (Fsp3) is 0.750. The first-order chi connectivity index (χ1) is 8.40. The molecule has 6 heteroatoms. The van der Waals surface area contributed by atoms with Gasteiger partial charge in [-0.2, -0.15) is 0 Å². The smallest absolute Gasteiger partial charge is 0.214 e. The quantitative estimate of drug-likeness (QED) is 0.885. The van der Waals surface area contributed by atoms with Crippen LogP contribution in [0.3, 0.4) is 0 Å². The van der Waals surface area contributed by atoms with Crippen molar-refractivity contribution in [1.82, 2.24) is 9.88 Å². The number of rotatable bonds is 5. The number of nitrogens with zero attached hydrogens (tertiary/aromatic N) is 1. The van der Waals surface area contributed by atoms with E-state index in [0.717, 1.165) is 36.3 Å². The molecule has 0 amide bonds. The predicted octanol–water partition coefficient (Wildman–Crippen LogP) is 1.69. The molecular formula is C12H20N2O3S. The standard InChI is InChI=1S/C12H20N2O3S/c1-8(7-12-9(2)13-17-10(12)3)14-18(15,16)11-5-4-6-11/h8,11,14H,4-7H2,1-3H3. The molecule has 1 aliphatic rings. The molecule has 1 aromatic rings. The number of nitrogens with one attached hydrogen (secondary N) is 1. The number of hydrogen-bond donors (Lipinski definition) is 1. The Morgan fingerprint density at radius 2 is 2.11 bits per heavy atom. The van der Waals surface area contributed by atoms with Gasteiger partial charge >= 0.3 is 0 Å². The summed E-state index contributed by atoms with van der Waals surface area (Å²) in [5, 5.41) is 3.69. The largest absolute Gasteiger partial charge is 0.361 e. The number of sulfonamides is 1. The molecule has 0 bridgehead atoms. The zero-order valence-corrected chi connectivity index (χ0v) is 11.9. The number of hydrogen-bond acceptors (Lipinski definition) is 4. The van der Waals surface area contributed by atoms with Crippen LogP contribution < -0.4 is 4.72 Å². The van der Waals surface area contributed by atoms with Crippen LogP contribution in [-0.2, 0) is 16.4 Å². The van der Waals surface area contributed by atoms with E-state index in [1.807, 2.05) is 20.8 Å². The molecule has 102 valence electrons. The van der Waals surface area contributed by atoms with Crippen molar-refractivity contribution in [3.05, 3.63) is 17.0 Å². The van der Waals surface area contributed by atoms with Crippen molar-refractivity contribution in [2.45, 2.75) is 57.7 Å². The molecule has 2 rings (SSSR count). The summed E-state index contributed by atoms with van der Waals surface area (Å²) in [4.78, 5) is 0. The second-order valence-corrected chi connectivity index (χ2v) is 7.12. The van der Waals surface area contributed by atoms with Crippen molar-refractivity contribution < 1.29 is 12.9 Å². The predicted molar refractivity (Wildman–Crippen MR) is 68.8 cm³/mol. The Labute approximate surface area is 108 Å². The van der Waals surface area contributed by atoms with Crippen molar-refractivity contribution in [1.29, 1.82) is 0 Å². The number of aromatic nitrogens is 1. The zero-order chi connectivity index (χ0) is 13.3. The van der Waals surface area contributed by atoms with Crippen molar-refractivity contribution in [3.63, 3.8) is 0 Å². The molecule has 1 aliphatic carbocycles. The summed E-state index contributed by atoms with van der Waals surface area (Å²) in [6.07, 6.45) is 3.21. The van der Waals surface area contributed by atoms with E-state index in [4.69, 9.17) is 4.52 Å². The third-order valence-corrected chi connectivity index (χ3v) is 5.63. The molecule has 0 spiro atoms. The highest BCUT2D eigenvalue weighted by Crippen LogP contribution is 2.25. The van der Waals surface area contributed by atoms with Crippen molar-refractivity contribution in [2.75, 3.05) is 0 Å². The van der Waals surface area contributed by atoms with Crippen LogP contribution in [-0.4, -0.2) is 24.9 Å². The molecule has 1 N–H and O–H groups in total. The van der Waals surface area contributed by atoms with Gasteiger partial charge in [-0.15, -0.1) is 0 Å². The first kappa shape index (κ1) is 13.5. The highest BCUT2D eigenvalue weighted by molar-refractivity contribution is 7.90. The van der Waals surface area contributed by atoms with Gasteiger partial charge in [-0.05, 0) is 40.0 Å². The fourth-order valence-corrected chi connectivity index (χ4v) is 3.99. The lowest BCUT2D eigenvalue weighted by Gasteiger charge is -2.27. The molecule has 1 heterocycles. The third-order valence-electron chi connectivity index (χ3n) is 3.55. The summed E-state index contributed by atoms with van der Waals surface area (Å²) in [6.45, 7) is 5.60. The molecule has 1 saturated carbocycles. The van der Waals surface area contributed by atoms with Gasteiger partial charge < -0.3 is 4.52 Å². The maximum atomic E-state index is 12.0. The first-order valence-corrected chi connectivity index (χ1v) is 7.87.